The van der Waals surface area contributed by atoms with Gasteiger partial charge in [0.1, 0.15) is 5.82 Å². The van der Waals surface area contributed by atoms with Crippen molar-refractivity contribution in [3.05, 3.63) is 59.9 Å². The average molecular weight is 355 g/mol. The third kappa shape index (κ3) is 4.75. The SMILES string of the molecule is CN(Cc1ccc(F)cc1)C(=O)CNc1ccccc1N1CCCCC1. The van der Waals surface area contributed by atoms with Crippen LogP contribution >= 0.6 is 0 Å². The Hall–Kier alpha value is -2.56. The highest BCUT2D eigenvalue weighted by Gasteiger charge is 2.15. The van der Waals surface area contributed by atoms with E-state index in [1.165, 1.54) is 37.1 Å². The number of amides is 1. The summed E-state index contributed by atoms with van der Waals surface area (Å²) in [5.41, 5.74) is 3.08. The molecule has 0 aromatic heterocycles. The second-order valence-corrected chi connectivity index (χ2v) is 6.79. The van der Waals surface area contributed by atoms with Gasteiger partial charge in [-0.05, 0) is 49.1 Å². The minimum atomic E-state index is -0.265. The number of piperidine rings is 1. The third-order valence-electron chi connectivity index (χ3n) is 4.79. The molecule has 26 heavy (non-hydrogen) atoms. The van der Waals surface area contributed by atoms with Gasteiger partial charge in [0.2, 0.25) is 5.91 Å². The second-order valence-electron chi connectivity index (χ2n) is 6.79. The fourth-order valence-electron chi connectivity index (χ4n) is 3.29. The summed E-state index contributed by atoms with van der Waals surface area (Å²) in [6, 6.07) is 14.4. The largest absolute Gasteiger partial charge is 0.374 e. The fourth-order valence-corrected chi connectivity index (χ4v) is 3.29. The lowest BCUT2D eigenvalue weighted by atomic mass is 10.1. The number of hydrogen-bond donors (Lipinski definition) is 1. The first-order valence-electron chi connectivity index (χ1n) is 9.20. The van der Waals surface area contributed by atoms with Crippen LogP contribution in [0.15, 0.2) is 48.5 Å². The normalized spacial score (nSPS) is 14.2. The molecule has 4 nitrogen and oxygen atoms in total. The van der Waals surface area contributed by atoms with Gasteiger partial charge in [0.25, 0.3) is 0 Å². The summed E-state index contributed by atoms with van der Waals surface area (Å²) in [5, 5.41) is 3.29. The predicted octanol–water partition coefficient (Wildman–Crippen LogP) is 3.89. The van der Waals surface area contributed by atoms with E-state index in [1.54, 1.807) is 24.1 Å². The van der Waals surface area contributed by atoms with Gasteiger partial charge in [0.15, 0.2) is 0 Å². The summed E-state index contributed by atoms with van der Waals surface area (Å²) in [7, 11) is 1.77. The molecule has 1 saturated heterocycles. The molecule has 1 aliphatic heterocycles. The Morgan fingerprint density at radius 1 is 1.08 bits per heavy atom. The van der Waals surface area contributed by atoms with Gasteiger partial charge in [-0.25, -0.2) is 4.39 Å². The topological polar surface area (TPSA) is 35.6 Å². The first-order chi connectivity index (χ1) is 12.6. The lowest BCUT2D eigenvalue weighted by Crippen LogP contribution is -2.33. The van der Waals surface area contributed by atoms with E-state index in [1.807, 2.05) is 18.2 Å². The number of para-hydroxylation sites is 2. The molecule has 5 heteroatoms. The summed E-state index contributed by atoms with van der Waals surface area (Å²) < 4.78 is 13.0. The Labute approximate surface area is 154 Å². The van der Waals surface area contributed by atoms with Crippen molar-refractivity contribution >= 4 is 17.3 Å². The molecule has 1 fully saturated rings. The fraction of sp³-hybridized carbons (Fsp3) is 0.381. The second kappa shape index (κ2) is 8.70. The number of anilines is 2. The minimum Gasteiger partial charge on any atom is -0.374 e. The molecule has 1 heterocycles. The van der Waals surface area contributed by atoms with E-state index in [9.17, 15) is 9.18 Å². The molecule has 1 aliphatic rings. The number of rotatable bonds is 6. The van der Waals surface area contributed by atoms with E-state index in [0.717, 1.165) is 24.3 Å². The summed E-state index contributed by atoms with van der Waals surface area (Å²) in [6.45, 7) is 2.84. The predicted molar refractivity (Wildman–Crippen MR) is 104 cm³/mol. The number of carbonyl (C=O) groups is 1. The lowest BCUT2D eigenvalue weighted by molar-refractivity contribution is -0.128. The molecule has 0 saturated carbocycles. The standard InChI is InChI=1S/C21H26FN3O/c1-24(16-17-9-11-18(22)12-10-17)21(26)15-23-19-7-3-4-8-20(19)25-13-5-2-6-14-25/h3-4,7-12,23H,2,5-6,13-16H2,1H3. The van der Waals surface area contributed by atoms with Crippen molar-refractivity contribution in [2.24, 2.45) is 0 Å². The van der Waals surface area contributed by atoms with E-state index in [4.69, 9.17) is 0 Å². The Kier molecular flexibility index (Phi) is 6.10. The van der Waals surface area contributed by atoms with Crippen molar-refractivity contribution < 1.29 is 9.18 Å². The average Bonchev–Trinajstić information content (AvgIpc) is 2.68. The Bertz CT molecular complexity index is 726. The number of likely N-dealkylation sites (N-methyl/N-ethyl adjacent to an activating group) is 1. The number of benzene rings is 2. The van der Waals surface area contributed by atoms with Gasteiger partial charge in [-0.2, -0.15) is 0 Å². The zero-order chi connectivity index (χ0) is 18.4. The molecule has 1 N–H and O–H groups in total. The highest BCUT2D eigenvalue weighted by molar-refractivity contribution is 5.82. The highest BCUT2D eigenvalue weighted by atomic mass is 19.1. The monoisotopic (exact) mass is 355 g/mol. The Balaban J connectivity index is 1.58. The third-order valence-corrected chi connectivity index (χ3v) is 4.79. The molecule has 0 unspecified atom stereocenters. The van der Waals surface area contributed by atoms with E-state index in [0.29, 0.717) is 6.54 Å². The first-order valence-corrected chi connectivity index (χ1v) is 9.20. The number of nitrogens with zero attached hydrogens (tertiary/aromatic N) is 2. The number of nitrogens with one attached hydrogen (secondary N) is 1. The van der Waals surface area contributed by atoms with E-state index < -0.39 is 0 Å². The minimum absolute atomic E-state index is 0.00257. The van der Waals surface area contributed by atoms with Gasteiger partial charge in [-0.3, -0.25) is 4.79 Å². The van der Waals surface area contributed by atoms with Gasteiger partial charge >= 0.3 is 0 Å². The summed E-state index contributed by atoms with van der Waals surface area (Å²) >= 11 is 0. The van der Waals surface area contributed by atoms with Crippen LogP contribution in [0.1, 0.15) is 24.8 Å². The van der Waals surface area contributed by atoms with Crippen LogP contribution < -0.4 is 10.2 Å². The molecule has 1 amide bonds. The van der Waals surface area contributed by atoms with Crippen LogP contribution in [0.25, 0.3) is 0 Å². The molecule has 0 aliphatic carbocycles. The van der Waals surface area contributed by atoms with Gasteiger partial charge in [-0.1, -0.05) is 24.3 Å². The lowest BCUT2D eigenvalue weighted by Gasteiger charge is -2.30. The molecular weight excluding hydrogens is 329 g/mol. The van der Waals surface area contributed by atoms with E-state index in [2.05, 4.69) is 16.3 Å². The van der Waals surface area contributed by atoms with Crippen LogP contribution in [0.3, 0.4) is 0 Å². The van der Waals surface area contributed by atoms with Gasteiger partial charge < -0.3 is 15.1 Å². The first kappa shape index (κ1) is 18.2. The molecule has 0 spiro atoms. The van der Waals surface area contributed by atoms with Crippen LogP contribution in [0.5, 0.6) is 0 Å². The van der Waals surface area contributed by atoms with Gasteiger partial charge in [0, 0.05) is 26.7 Å². The zero-order valence-electron chi connectivity index (χ0n) is 15.2. The van der Waals surface area contributed by atoms with Gasteiger partial charge in [-0.15, -0.1) is 0 Å². The highest BCUT2D eigenvalue weighted by Crippen LogP contribution is 2.28. The van der Waals surface area contributed by atoms with Crippen molar-refractivity contribution in [1.82, 2.24) is 4.90 Å². The van der Waals surface area contributed by atoms with E-state index >= 15 is 0 Å². The Morgan fingerprint density at radius 2 is 1.77 bits per heavy atom. The van der Waals surface area contributed by atoms with Crippen molar-refractivity contribution in [1.29, 1.82) is 0 Å². The number of halogens is 1. The van der Waals surface area contributed by atoms with Crippen molar-refractivity contribution in [3.63, 3.8) is 0 Å². The van der Waals surface area contributed by atoms with Crippen LogP contribution in [-0.4, -0.2) is 37.5 Å². The van der Waals surface area contributed by atoms with Crippen molar-refractivity contribution in [2.45, 2.75) is 25.8 Å². The molecule has 3 rings (SSSR count). The maximum Gasteiger partial charge on any atom is 0.241 e. The molecule has 0 bridgehead atoms. The smallest absolute Gasteiger partial charge is 0.241 e. The van der Waals surface area contributed by atoms with Crippen molar-refractivity contribution in [3.8, 4) is 0 Å². The van der Waals surface area contributed by atoms with Crippen molar-refractivity contribution in [2.75, 3.05) is 36.9 Å². The maximum atomic E-state index is 13.0. The number of carbonyl (C=O) groups excluding carboxylic acids is 1. The van der Waals surface area contributed by atoms with Gasteiger partial charge in [0.05, 0.1) is 17.9 Å². The van der Waals surface area contributed by atoms with Crippen LogP contribution in [-0.2, 0) is 11.3 Å². The maximum absolute atomic E-state index is 13.0. The molecule has 0 atom stereocenters. The van der Waals surface area contributed by atoms with Crippen LogP contribution in [0, 0.1) is 5.82 Å². The molecule has 2 aromatic carbocycles. The quantitative estimate of drug-likeness (QED) is 0.854. The number of hydrogen-bond acceptors (Lipinski definition) is 3. The molecule has 138 valence electrons. The summed E-state index contributed by atoms with van der Waals surface area (Å²) in [5.74, 6) is -0.263. The van der Waals surface area contributed by atoms with Crippen LogP contribution in [0.2, 0.25) is 0 Å². The molecular formula is C21H26FN3O. The Morgan fingerprint density at radius 3 is 2.50 bits per heavy atom. The zero-order valence-corrected chi connectivity index (χ0v) is 15.2. The molecule has 0 radical (unpaired) electrons. The van der Waals surface area contributed by atoms with Crippen LogP contribution in [0.4, 0.5) is 15.8 Å². The summed E-state index contributed by atoms with van der Waals surface area (Å²) in [6.07, 6.45) is 3.72. The van der Waals surface area contributed by atoms with E-state index in [-0.39, 0.29) is 18.3 Å². The summed E-state index contributed by atoms with van der Waals surface area (Å²) in [4.78, 5) is 16.5. The molecule has 2 aromatic rings.